The summed E-state index contributed by atoms with van der Waals surface area (Å²) in [7, 11) is 0. The smallest absolute Gasteiger partial charge is 0.381 e. The monoisotopic (exact) mass is 708 g/mol. The van der Waals surface area contributed by atoms with Crippen molar-refractivity contribution < 1.29 is 89.3 Å². The average Bonchev–Trinajstić information content (AvgIpc) is 2.97. The van der Waals surface area contributed by atoms with Gasteiger partial charge in [-0.2, -0.15) is 52.7 Å². The van der Waals surface area contributed by atoms with Crippen molar-refractivity contribution in [2.75, 3.05) is 0 Å². The molecule has 0 aromatic rings. The Balaban J connectivity index is 2.37. The molecular formula is C26H28F16O4. The number of carbonyl (C=O) groups is 2. The van der Waals surface area contributed by atoms with Crippen LogP contribution in [0, 0.1) is 11.8 Å². The van der Waals surface area contributed by atoms with Crippen LogP contribution in [0.15, 0.2) is 12.2 Å². The number of carbonyl (C=O) groups excluding carboxylic acids is 2. The molecule has 20 heteroatoms. The molecule has 4 nitrogen and oxygen atoms in total. The Labute approximate surface area is 250 Å². The Morgan fingerprint density at radius 2 is 0.739 bits per heavy atom. The molecule has 0 aliphatic heterocycles. The van der Waals surface area contributed by atoms with Crippen LogP contribution in [-0.4, -0.2) is 72.5 Å². The summed E-state index contributed by atoms with van der Waals surface area (Å²) >= 11 is 0. The minimum Gasteiger partial charge on any atom is -0.452 e. The van der Waals surface area contributed by atoms with E-state index in [1.54, 1.807) is 0 Å². The van der Waals surface area contributed by atoms with E-state index in [1.807, 2.05) is 0 Å². The van der Waals surface area contributed by atoms with Crippen LogP contribution in [-0.2, 0) is 19.1 Å². The lowest BCUT2D eigenvalue weighted by molar-refractivity contribution is -0.360. The first-order valence-electron chi connectivity index (χ1n) is 13.8. The van der Waals surface area contributed by atoms with E-state index in [-0.39, 0.29) is 37.8 Å². The van der Waals surface area contributed by atoms with Gasteiger partial charge in [-0.1, -0.05) is 38.5 Å². The predicted octanol–water partition coefficient (Wildman–Crippen LogP) is 8.87. The quantitative estimate of drug-likeness (QED) is 0.103. The van der Waals surface area contributed by atoms with E-state index in [0.29, 0.717) is 12.8 Å². The van der Waals surface area contributed by atoms with Crippen molar-refractivity contribution in [1.82, 2.24) is 0 Å². The van der Waals surface area contributed by atoms with Crippen LogP contribution < -0.4 is 0 Å². The molecule has 2 aliphatic carbocycles. The van der Waals surface area contributed by atoms with Gasteiger partial charge in [0.2, 0.25) is 0 Å². The summed E-state index contributed by atoms with van der Waals surface area (Å²) in [6.07, 6.45) is -19.1. The second-order valence-electron chi connectivity index (χ2n) is 11.1. The number of hydrogen-bond donors (Lipinski definition) is 0. The van der Waals surface area contributed by atoms with Crippen molar-refractivity contribution in [3.8, 4) is 0 Å². The van der Waals surface area contributed by atoms with Crippen LogP contribution in [0.5, 0.6) is 0 Å². The van der Waals surface area contributed by atoms with Crippen LogP contribution >= 0.6 is 0 Å². The van der Waals surface area contributed by atoms with Gasteiger partial charge in [-0.25, -0.2) is 27.2 Å². The summed E-state index contributed by atoms with van der Waals surface area (Å²) in [5.41, 5.74) is 0. The maximum absolute atomic E-state index is 14.8. The fourth-order valence-corrected chi connectivity index (χ4v) is 5.35. The Kier molecular flexibility index (Phi) is 12.4. The molecule has 0 amide bonds. The van der Waals surface area contributed by atoms with Crippen molar-refractivity contribution >= 4 is 11.9 Å². The Hall–Kier alpha value is -2.44. The number of halogens is 16. The Bertz CT molecular complexity index is 984. The molecule has 2 aliphatic rings. The van der Waals surface area contributed by atoms with E-state index in [9.17, 15) is 79.8 Å². The van der Waals surface area contributed by atoms with Crippen LogP contribution in [0.3, 0.4) is 0 Å². The second kappa shape index (κ2) is 14.4. The molecule has 0 spiro atoms. The molecule has 0 bridgehead atoms. The van der Waals surface area contributed by atoms with Crippen LogP contribution in [0.2, 0.25) is 0 Å². The highest BCUT2D eigenvalue weighted by atomic mass is 19.4. The van der Waals surface area contributed by atoms with Gasteiger partial charge in [0.1, 0.15) is 0 Å². The summed E-state index contributed by atoms with van der Waals surface area (Å²) in [6.45, 7) is 0. The average molecular weight is 708 g/mol. The molecule has 0 aromatic heterocycles. The fraction of sp³-hybridized carbons (Fsp3) is 0.846. The van der Waals surface area contributed by atoms with E-state index in [2.05, 4.69) is 9.47 Å². The zero-order valence-corrected chi connectivity index (χ0v) is 23.4. The van der Waals surface area contributed by atoms with Crippen LogP contribution in [0.4, 0.5) is 70.2 Å². The second-order valence-corrected chi connectivity index (χ2v) is 11.1. The first-order chi connectivity index (χ1) is 20.9. The van der Waals surface area contributed by atoms with Crippen molar-refractivity contribution in [3.05, 3.63) is 12.2 Å². The van der Waals surface area contributed by atoms with E-state index >= 15 is 0 Å². The topological polar surface area (TPSA) is 52.6 Å². The summed E-state index contributed by atoms with van der Waals surface area (Å²) in [5, 5.41) is 0. The highest BCUT2D eigenvalue weighted by molar-refractivity contribution is 5.91. The molecule has 0 saturated heterocycles. The molecule has 2 saturated carbocycles. The minimum atomic E-state index is -6.80. The third-order valence-corrected chi connectivity index (χ3v) is 7.94. The molecule has 268 valence electrons. The lowest BCUT2D eigenvalue weighted by Gasteiger charge is -2.40. The molecule has 0 N–H and O–H groups in total. The van der Waals surface area contributed by atoms with Gasteiger partial charge in [-0.3, -0.25) is 0 Å². The largest absolute Gasteiger partial charge is 0.452 e. The molecule has 0 radical (unpaired) electrons. The van der Waals surface area contributed by atoms with Gasteiger partial charge < -0.3 is 9.47 Å². The lowest BCUT2D eigenvalue weighted by atomic mass is 9.80. The number of hydrogen-bond acceptors (Lipinski definition) is 4. The Morgan fingerprint density at radius 1 is 0.478 bits per heavy atom. The number of rotatable bonds is 14. The van der Waals surface area contributed by atoms with Crippen molar-refractivity contribution in [1.29, 1.82) is 0 Å². The highest BCUT2D eigenvalue weighted by Gasteiger charge is 2.80. The van der Waals surface area contributed by atoms with E-state index in [1.165, 1.54) is 0 Å². The lowest BCUT2D eigenvalue weighted by Crippen LogP contribution is -2.64. The van der Waals surface area contributed by atoms with E-state index < -0.39 is 110 Å². The molecule has 0 aromatic carbocycles. The van der Waals surface area contributed by atoms with Gasteiger partial charge in [-0.05, 0) is 25.7 Å². The van der Waals surface area contributed by atoms with Gasteiger partial charge in [0.25, 0.3) is 0 Å². The van der Waals surface area contributed by atoms with Gasteiger partial charge in [-0.15, -0.1) is 0 Å². The molecule has 2 rings (SSSR count). The zero-order chi connectivity index (χ0) is 35.5. The molecule has 2 unspecified atom stereocenters. The maximum Gasteiger partial charge on any atom is 0.381 e. The highest BCUT2D eigenvalue weighted by Crippen LogP contribution is 2.54. The fourth-order valence-electron chi connectivity index (χ4n) is 5.35. The Morgan fingerprint density at radius 3 is 0.978 bits per heavy atom. The first kappa shape index (κ1) is 39.7. The standard InChI is InChI=1S/C26H28F16O4/c27-19(28)23(35,36)25(39,40)21(31,32)17(13-7-3-1-4-8-13)45-15(43)11-12-16(44)46-18(14-9-5-2-6-10-14)22(33,34)26(41,42)24(37,38)20(29)30/h11-14,17-20H,1-10H2/b12-11+. The van der Waals surface area contributed by atoms with Crippen molar-refractivity contribution in [2.45, 2.75) is 125 Å². The van der Waals surface area contributed by atoms with Crippen molar-refractivity contribution in [3.63, 3.8) is 0 Å². The number of alkyl halides is 16. The van der Waals surface area contributed by atoms with E-state index in [4.69, 9.17) is 0 Å². The predicted molar refractivity (Wildman–Crippen MR) is 124 cm³/mol. The van der Waals surface area contributed by atoms with Gasteiger partial charge in [0.05, 0.1) is 0 Å². The maximum atomic E-state index is 14.8. The van der Waals surface area contributed by atoms with Crippen molar-refractivity contribution in [2.24, 2.45) is 11.8 Å². The van der Waals surface area contributed by atoms with Gasteiger partial charge in [0, 0.05) is 24.0 Å². The summed E-state index contributed by atoms with van der Waals surface area (Å²) < 4.78 is 229. The van der Waals surface area contributed by atoms with Crippen LogP contribution in [0.25, 0.3) is 0 Å². The molecule has 2 atom stereocenters. The normalized spacial score (nSPS) is 20.3. The first-order valence-corrected chi connectivity index (χ1v) is 13.8. The molecule has 2 fully saturated rings. The SMILES string of the molecule is O=C(/C=C/C(=O)OC(C1CCCCC1)C(F)(F)C(F)(F)C(F)(F)C(F)F)OC(C1CCCCC1)C(F)(F)C(F)(F)C(F)(F)C(F)F. The summed E-state index contributed by atoms with van der Waals surface area (Å²) in [6, 6.07) is 0. The molecular weight excluding hydrogens is 680 g/mol. The molecule has 46 heavy (non-hydrogen) atoms. The van der Waals surface area contributed by atoms with E-state index in [0.717, 1.165) is 0 Å². The molecule has 0 heterocycles. The zero-order valence-electron chi connectivity index (χ0n) is 23.4. The third-order valence-electron chi connectivity index (χ3n) is 7.94. The summed E-state index contributed by atoms with van der Waals surface area (Å²) in [4.78, 5) is 24.5. The van der Waals surface area contributed by atoms with Gasteiger partial charge >= 0.3 is 60.3 Å². The third kappa shape index (κ3) is 7.65. The van der Waals surface area contributed by atoms with Gasteiger partial charge in [0.15, 0.2) is 12.2 Å². The number of ether oxygens (including phenoxy) is 2. The van der Waals surface area contributed by atoms with Crippen LogP contribution in [0.1, 0.15) is 64.2 Å². The summed E-state index contributed by atoms with van der Waals surface area (Å²) in [5.74, 6) is -47.3. The minimum absolute atomic E-state index is 0.0276. The number of esters is 2.